The van der Waals surface area contributed by atoms with Crippen LogP contribution in [0.3, 0.4) is 0 Å². The van der Waals surface area contributed by atoms with Crippen molar-refractivity contribution in [1.82, 2.24) is 5.32 Å². The molecule has 1 amide bonds. The predicted octanol–water partition coefficient (Wildman–Crippen LogP) is 4.51. The zero-order chi connectivity index (χ0) is 20.6. The Labute approximate surface area is 176 Å². The van der Waals surface area contributed by atoms with Crippen molar-refractivity contribution in [2.24, 2.45) is 23.7 Å². The van der Waals surface area contributed by atoms with Gasteiger partial charge in [0.15, 0.2) is 0 Å². The molecule has 4 heteroatoms. The molecule has 0 bridgehead atoms. The van der Waals surface area contributed by atoms with Gasteiger partial charge in [-0.2, -0.15) is 0 Å². The summed E-state index contributed by atoms with van der Waals surface area (Å²) in [7, 11) is 0. The monoisotopic (exact) mass is 403 g/mol. The van der Waals surface area contributed by atoms with E-state index in [1.165, 1.54) is 18.4 Å². The fourth-order valence-corrected chi connectivity index (χ4v) is 5.70. The number of hydrogen-bond donors (Lipinski definition) is 3. The van der Waals surface area contributed by atoms with Crippen molar-refractivity contribution in [3.8, 4) is 0 Å². The number of hydrogen-bond acceptors (Lipinski definition) is 3. The van der Waals surface area contributed by atoms with Crippen LogP contribution in [-0.2, 0) is 4.79 Å². The summed E-state index contributed by atoms with van der Waals surface area (Å²) in [6.45, 7) is 2.93. The molecule has 164 valence electrons. The Morgan fingerprint density at radius 2 is 2.03 bits per heavy atom. The number of allylic oxidation sites excluding steroid dienone is 2. The van der Waals surface area contributed by atoms with Gasteiger partial charge < -0.3 is 15.5 Å². The standard InChI is InChI=1S/C25H41NO3/c1-2-3-14-26-25(29)11-7-4-8-18-15-20-17-24(28)21(22(20)16-18)12-13-23(27)19-9-5-6-10-19/h8,12-13,19-24,27-28H,2-7,9-11,14-17H2,1H3,(H,26,29)/b13-12+,18-8+/t20-,21+,22-,23+,24+/m0/s1. The fourth-order valence-electron chi connectivity index (χ4n) is 5.70. The molecule has 0 aliphatic heterocycles. The predicted molar refractivity (Wildman–Crippen MR) is 117 cm³/mol. The minimum absolute atomic E-state index is 0.175. The average Bonchev–Trinajstić information content (AvgIpc) is 3.41. The van der Waals surface area contributed by atoms with Crippen LogP contribution in [0.2, 0.25) is 0 Å². The van der Waals surface area contributed by atoms with Crippen molar-refractivity contribution in [3.63, 3.8) is 0 Å². The maximum Gasteiger partial charge on any atom is 0.220 e. The molecular formula is C25H41NO3. The minimum Gasteiger partial charge on any atom is -0.392 e. The highest BCUT2D eigenvalue weighted by atomic mass is 16.3. The number of unbranched alkanes of at least 4 members (excludes halogenated alkanes) is 2. The summed E-state index contributed by atoms with van der Waals surface area (Å²) in [5.74, 6) is 1.87. The molecule has 5 atom stereocenters. The molecule has 0 saturated heterocycles. The first-order valence-corrected chi connectivity index (χ1v) is 12.1. The van der Waals surface area contributed by atoms with Crippen LogP contribution in [0.1, 0.15) is 84.0 Å². The minimum atomic E-state index is -0.344. The molecule has 0 unspecified atom stereocenters. The Balaban J connectivity index is 1.42. The van der Waals surface area contributed by atoms with Gasteiger partial charge in [0.05, 0.1) is 12.2 Å². The van der Waals surface area contributed by atoms with Crippen LogP contribution in [0, 0.1) is 23.7 Å². The number of aliphatic hydroxyl groups is 2. The van der Waals surface area contributed by atoms with Crippen molar-refractivity contribution >= 4 is 5.91 Å². The Kier molecular flexibility index (Phi) is 8.80. The molecule has 4 nitrogen and oxygen atoms in total. The molecular weight excluding hydrogens is 362 g/mol. The summed E-state index contributed by atoms with van der Waals surface area (Å²) in [5.41, 5.74) is 1.51. The first-order valence-electron chi connectivity index (χ1n) is 12.1. The van der Waals surface area contributed by atoms with E-state index in [0.717, 1.165) is 64.3 Å². The molecule has 29 heavy (non-hydrogen) atoms. The second-order valence-electron chi connectivity index (χ2n) is 9.59. The van der Waals surface area contributed by atoms with Gasteiger partial charge in [-0.15, -0.1) is 0 Å². The maximum atomic E-state index is 11.8. The summed E-state index contributed by atoms with van der Waals surface area (Å²) in [6, 6.07) is 0. The Bertz CT molecular complexity index is 579. The van der Waals surface area contributed by atoms with Gasteiger partial charge in [-0.25, -0.2) is 0 Å². The first-order chi connectivity index (χ1) is 14.1. The second-order valence-corrected chi connectivity index (χ2v) is 9.59. The quantitative estimate of drug-likeness (QED) is 0.371. The highest BCUT2D eigenvalue weighted by Gasteiger charge is 2.45. The third-order valence-electron chi connectivity index (χ3n) is 7.42. The highest BCUT2D eigenvalue weighted by Crippen LogP contribution is 2.50. The van der Waals surface area contributed by atoms with Gasteiger partial charge in [0.1, 0.15) is 0 Å². The van der Waals surface area contributed by atoms with E-state index in [2.05, 4.69) is 24.4 Å². The van der Waals surface area contributed by atoms with Crippen LogP contribution in [-0.4, -0.2) is 34.9 Å². The van der Waals surface area contributed by atoms with Crippen LogP contribution in [0.25, 0.3) is 0 Å². The molecule has 3 fully saturated rings. The normalized spacial score (nSPS) is 32.3. The topological polar surface area (TPSA) is 69.6 Å². The van der Waals surface area contributed by atoms with Crippen LogP contribution in [0.5, 0.6) is 0 Å². The van der Waals surface area contributed by atoms with Crippen molar-refractivity contribution < 1.29 is 15.0 Å². The molecule has 0 radical (unpaired) electrons. The number of aliphatic hydroxyl groups excluding tert-OH is 2. The van der Waals surface area contributed by atoms with Crippen LogP contribution in [0.4, 0.5) is 0 Å². The molecule has 0 aromatic heterocycles. The van der Waals surface area contributed by atoms with Gasteiger partial charge in [-0.3, -0.25) is 4.79 Å². The van der Waals surface area contributed by atoms with Crippen molar-refractivity contribution in [2.75, 3.05) is 6.54 Å². The number of carbonyl (C=O) groups is 1. The zero-order valence-electron chi connectivity index (χ0n) is 18.2. The molecule has 0 spiro atoms. The lowest BCUT2D eigenvalue weighted by Crippen LogP contribution is -2.23. The molecule has 3 aliphatic rings. The van der Waals surface area contributed by atoms with Gasteiger partial charge in [-0.1, -0.05) is 50.0 Å². The SMILES string of the molecule is CCCCNC(=O)CCC/C=C1\C[C@H]2C[C@@H](O)[C@H](/C=C/[C@@H](O)C3CCCC3)[C@H]2C1. The number of amides is 1. The Morgan fingerprint density at radius 3 is 2.79 bits per heavy atom. The molecule has 0 aromatic carbocycles. The van der Waals surface area contributed by atoms with Crippen LogP contribution >= 0.6 is 0 Å². The molecule has 3 saturated carbocycles. The van der Waals surface area contributed by atoms with E-state index in [9.17, 15) is 15.0 Å². The molecule has 0 aromatic rings. The molecule has 3 rings (SSSR count). The maximum absolute atomic E-state index is 11.8. The number of carbonyl (C=O) groups excluding carboxylic acids is 1. The second kappa shape index (κ2) is 11.3. The van der Waals surface area contributed by atoms with Crippen LogP contribution < -0.4 is 5.32 Å². The molecule has 0 heterocycles. The lowest BCUT2D eigenvalue weighted by Gasteiger charge is -2.19. The van der Waals surface area contributed by atoms with Gasteiger partial charge in [-0.05, 0) is 69.1 Å². The third kappa shape index (κ3) is 6.42. The summed E-state index contributed by atoms with van der Waals surface area (Å²) < 4.78 is 0. The van der Waals surface area contributed by atoms with E-state index >= 15 is 0 Å². The van der Waals surface area contributed by atoms with Crippen molar-refractivity contribution in [1.29, 1.82) is 0 Å². The number of nitrogens with one attached hydrogen (secondary N) is 1. The highest BCUT2D eigenvalue weighted by molar-refractivity contribution is 5.75. The van der Waals surface area contributed by atoms with E-state index in [4.69, 9.17) is 0 Å². The summed E-state index contributed by atoms with van der Waals surface area (Å²) in [5, 5.41) is 23.9. The summed E-state index contributed by atoms with van der Waals surface area (Å²) in [4.78, 5) is 11.8. The first kappa shape index (κ1) is 22.6. The fraction of sp³-hybridized carbons (Fsp3) is 0.800. The van der Waals surface area contributed by atoms with Crippen LogP contribution in [0.15, 0.2) is 23.8 Å². The number of rotatable bonds is 10. The van der Waals surface area contributed by atoms with Gasteiger partial charge in [0.2, 0.25) is 5.91 Å². The van der Waals surface area contributed by atoms with E-state index < -0.39 is 0 Å². The zero-order valence-corrected chi connectivity index (χ0v) is 18.2. The Morgan fingerprint density at radius 1 is 1.24 bits per heavy atom. The average molecular weight is 404 g/mol. The van der Waals surface area contributed by atoms with Gasteiger partial charge in [0.25, 0.3) is 0 Å². The van der Waals surface area contributed by atoms with E-state index in [-0.39, 0.29) is 24.0 Å². The summed E-state index contributed by atoms with van der Waals surface area (Å²) >= 11 is 0. The third-order valence-corrected chi connectivity index (χ3v) is 7.42. The van der Waals surface area contributed by atoms with Crippen molar-refractivity contribution in [2.45, 2.75) is 96.2 Å². The summed E-state index contributed by atoms with van der Waals surface area (Å²) in [6.07, 6.45) is 18.3. The lowest BCUT2D eigenvalue weighted by atomic mass is 9.89. The van der Waals surface area contributed by atoms with Crippen molar-refractivity contribution in [3.05, 3.63) is 23.8 Å². The van der Waals surface area contributed by atoms with E-state index in [0.29, 0.717) is 24.2 Å². The largest absolute Gasteiger partial charge is 0.392 e. The van der Waals surface area contributed by atoms with E-state index in [1.54, 1.807) is 0 Å². The van der Waals surface area contributed by atoms with Gasteiger partial charge in [0, 0.05) is 18.9 Å². The Hall–Kier alpha value is -1.13. The number of fused-ring (bicyclic) bond motifs is 1. The smallest absolute Gasteiger partial charge is 0.220 e. The van der Waals surface area contributed by atoms with E-state index in [1.807, 2.05) is 6.08 Å². The molecule has 3 aliphatic carbocycles. The van der Waals surface area contributed by atoms with Gasteiger partial charge >= 0.3 is 0 Å². The molecule has 3 N–H and O–H groups in total. The lowest BCUT2D eigenvalue weighted by molar-refractivity contribution is -0.121.